The third-order valence-electron chi connectivity index (χ3n) is 6.13. The van der Waals surface area contributed by atoms with E-state index in [1.54, 1.807) is 28.8 Å². The number of nitrogens with one attached hydrogen (secondary N) is 1. The maximum atomic E-state index is 13.9. The summed E-state index contributed by atoms with van der Waals surface area (Å²) in [6.07, 6.45) is 0.652. The van der Waals surface area contributed by atoms with Gasteiger partial charge in [0, 0.05) is 37.7 Å². The number of carboxylic acid groups (broad SMARTS) is 1. The van der Waals surface area contributed by atoms with Crippen LogP contribution in [0.5, 0.6) is 0 Å². The highest BCUT2D eigenvalue weighted by atomic mass is 19.1. The number of nitrogens with zero attached hydrogens (tertiary/aromatic N) is 2. The highest BCUT2D eigenvalue weighted by molar-refractivity contribution is 5.97. The molecule has 0 saturated carbocycles. The van der Waals surface area contributed by atoms with Gasteiger partial charge in [-0.2, -0.15) is 0 Å². The highest BCUT2D eigenvalue weighted by Crippen LogP contribution is 2.18. The van der Waals surface area contributed by atoms with E-state index in [2.05, 4.69) is 10.2 Å². The predicted octanol–water partition coefficient (Wildman–Crippen LogP) is 2.59. The molecule has 1 aromatic heterocycles. The van der Waals surface area contributed by atoms with Crippen LogP contribution in [0.15, 0.2) is 59.4 Å². The molecule has 0 bridgehead atoms. The lowest BCUT2D eigenvalue weighted by molar-refractivity contribution is -0.139. The summed E-state index contributed by atoms with van der Waals surface area (Å²) >= 11 is 0. The minimum absolute atomic E-state index is 0.0996. The number of rotatable bonds is 7. The first kappa shape index (κ1) is 24.3. The Morgan fingerprint density at radius 3 is 2.46 bits per heavy atom. The molecule has 7 nitrogen and oxygen atoms in total. The molecule has 0 spiro atoms. The van der Waals surface area contributed by atoms with Gasteiger partial charge in [0.05, 0.1) is 6.54 Å². The first-order valence-electron chi connectivity index (χ1n) is 11.2. The lowest BCUT2D eigenvalue weighted by Crippen LogP contribution is -2.43. The summed E-state index contributed by atoms with van der Waals surface area (Å²) < 4.78 is 29.6. The van der Waals surface area contributed by atoms with Crippen LogP contribution >= 0.6 is 0 Å². The fourth-order valence-corrected chi connectivity index (χ4v) is 4.36. The standard InChI is InChI=1S/C26H25F2N3O4/c1-30-11-10-22-18(15-30)8-9-23(32)31(22)14-17-5-2-4-16(12-17)13-21(26(34)35)29-25(33)24-19(27)6-3-7-20(24)28/h2-9,12,21H,10-11,13-15H2,1H3,(H,29,33)(H,34,35). The number of hydrogen-bond acceptors (Lipinski definition) is 4. The van der Waals surface area contributed by atoms with Crippen LogP contribution < -0.4 is 10.9 Å². The van der Waals surface area contributed by atoms with Crippen molar-refractivity contribution in [2.24, 2.45) is 0 Å². The van der Waals surface area contributed by atoms with Gasteiger partial charge >= 0.3 is 5.97 Å². The topological polar surface area (TPSA) is 91.6 Å². The Kier molecular flexibility index (Phi) is 7.07. The van der Waals surface area contributed by atoms with E-state index >= 15 is 0 Å². The molecule has 0 radical (unpaired) electrons. The molecule has 0 fully saturated rings. The van der Waals surface area contributed by atoms with Crippen molar-refractivity contribution in [3.05, 3.63) is 105 Å². The van der Waals surface area contributed by atoms with Gasteiger partial charge in [0.25, 0.3) is 11.5 Å². The Labute approximate surface area is 200 Å². The minimum atomic E-state index is -1.40. The molecule has 1 atom stereocenters. The van der Waals surface area contributed by atoms with E-state index in [0.717, 1.165) is 54.5 Å². The Bertz CT molecular complexity index is 1320. The zero-order valence-corrected chi connectivity index (χ0v) is 19.1. The normalized spacial score (nSPS) is 14.3. The minimum Gasteiger partial charge on any atom is -0.480 e. The molecule has 35 heavy (non-hydrogen) atoms. The number of hydrogen-bond donors (Lipinski definition) is 2. The smallest absolute Gasteiger partial charge is 0.326 e. The Balaban J connectivity index is 1.54. The summed E-state index contributed by atoms with van der Waals surface area (Å²) in [6.45, 7) is 1.93. The quantitative estimate of drug-likeness (QED) is 0.541. The number of carbonyl (C=O) groups excluding carboxylic acids is 1. The van der Waals surface area contributed by atoms with E-state index in [4.69, 9.17) is 0 Å². The molecule has 1 amide bonds. The molecule has 182 valence electrons. The van der Waals surface area contributed by atoms with Crippen molar-refractivity contribution in [2.45, 2.75) is 32.0 Å². The van der Waals surface area contributed by atoms with Crippen molar-refractivity contribution in [2.75, 3.05) is 13.6 Å². The summed E-state index contributed by atoms with van der Waals surface area (Å²) in [6, 6.07) is 12.1. The Morgan fingerprint density at radius 1 is 1.06 bits per heavy atom. The van der Waals surface area contributed by atoms with Gasteiger partial charge in [-0.3, -0.25) is 9.59 Å². The molecular formula is C26H25F2N3O4. The molecule has 0 saturated heterocycles. The maximum absolute atomic E-state index is 13.9. The molecule has 0 aliphatic carbocycles. The van der Waals surface area contributed by atoms with E-state index in [1.807, 2.05) is 19.2 Å². The summed E-state index contributed by atoms with van der Waals surface area (Å²) in [7, 11) is 2.03. The number of carboxylic acids is 1. The molecule has 2 aromatic carbocycles. The fourth-order valence-electron chi connectivity index (χ4n) is 4.36. The zero-order valence-electron chi connectivity index (χ0n) is 19.1. The molecule has 1 aliphatic heterocycles. The Hall–Kier alpha value is -3.85. The van der Waals surface area contributed by atoms with Gasteiger partial charge in [-0.05, 0) is 35.9 Å². The average Bonchev–Trinajstić information content (AvgIpc) is 2.80. The number of pyridine rings is 1. The van der Waals surface area contributed by atoms with Crippen molar-refractivity contribution in [1.82, 2.24) is 14.8 Å². The van der Waals surface area contributed by atoms with Crippen LogP contribution in [0.1, 0.15) is 32.7 Å². The second-order valence-electron chi connectivity index (χ2n) is 8.70. The fraction of sp³-hybridized carbons (Fsp3) is 0.269. The van der Waals surface area contributed by atoms with E-state index in [1.165, 1.54) is 0 Å². The molecule has 4 rings (SSSR count). The number of benzene rings is 2. The maximum Gasteiger partial charge on any atom is 0.326 e. The molecule has 3 aromatic rings. The number of aromatic nitrogens is 1. The first-order valence-corrected chi connectivity index (χ1v) is 11.2. The number of aliphatic carboxylic acids is 1. The van der Waals surface area contributed by atoms with Crippen LogP contribution in [0.4, 0.5) is 8.78 Å². The van der Waals surface area contributed by atoms with Crippen LogP contribution in [0.25, 0.3) is 0 Å². The SMILES string of the molecule is CN1CCc2c(ccc(=O)n2Cc2cccc(CC(NC(=O)c3c(F)cccc3F)C(=O)O)c2)C1. The van der Waals surface area contributed by atoms with Crippen LogP contribution in [0, 0.1) is 11.6 Å². The van der Waals surface area contributed by atoms with Crippen molar-refractivity contribution < 1.29 is 23.5 Å². The van der Waals surface area contributed by atoms with Gasteiger partial charge in [-0.25, -0.2) is 13.6 Å². The monoisotopic (exact) mass is 481 g/mol. The molecule has 9 heteroatoms. The molecule has 1 unspecified atom stereocenters. The number of carbonyl (C=O) groups is 2. The van der Waals surface area contributed by atoms with Gasteiger partial charge in [0.15, 0.2) is 0 Å². The average molecular weight is 481 g/mol. The Morgan fingerprint density at radius 2 is 1.74 bits per heavy atom. The predicted molar refractivity (Wildman–Crippen MR) is 125 cm³/mol. The van der Waals surface area contributed by atoms with E-state index < -0.39 is 35.1 Å². The summed E-state index contributed by atoms with van der Waals surface area (Å²) in [5, 5.41) is 11.8. The van der Waals surface area contributed by atoms with Crippen molar-refractivity contribution >= 4 is 11.9 Å². The van der Waals surface area contributed by atoms with E-state index in [0.29, 0.717) is 12.1 Å². The number of fused-ring (bicyclic) bond motifs is 1. The second-order valence-corrected chi connectivity index (χ2v) is 8.70. The van der Waals surface area contributed by atoms with Crippen molar-refractivity contribution in [1.29, 1.82) is 0 Å². The van der Waals surface area contributed by atoms with Crippen molar-refractivity contribution in [3.8, 4) is 0 Å². The number of likely N-dealkylation sites (N-methyl/N-ethyl adjacent to an activating group) is 1. The van der Waals surface area contributed by atoms with Crippen LogP contribution in [0.2, 0.25) is 0 Å². The lowest BCUT2D eigenvalue weighted by Gasteiger charge is -2.27. The molecular weight excluding hydrogens is 456 g/mol. The van der Waals surface area contributed by atoms with Gasteiger partial charge in [-0.15, -0.1) is 0 Å². The van der Waals surface area contributed by atoms with Crippen LogP contribution in [0.3, 0.4) is 0 Å². The van der Waals surface area contributed by atoms with Gasteiger partial charge < -0.3 is 19.9 Å². The highest BCUT2D eigenvalue weighted by Gasteiger charge is 2.25. The number of amides is 1. The summed E-state index contributed by atoms with van der Waals surface area (Å²) in [4.78, 5) is 39.0. The van der Waals surface area contributed by atoms with Gasteiger partial charge in [-0.1, -0.05) is 36.4 Å². The lowest BCUT2D eigenvalue weighted by atomic mass is 10.0. The molecule has 2 N–H and O–H groups in total. The third kappa shape index (κ3) is 5.46. The van der Waals surface area contributed by atoms with Gasteiger partial charge in [0.1, 0.15) is 23.2 Å². The first-order chi connectivity index (χ1) is 16.7. The molecule has 1 aliphatic rings. The molecule has 2 heterocycles. The van der Waals surface area contributed by atoms with E-state index in [9.17, 15) is 28.3 Å². The number of halogens is 2. The van der Waals surface area contributed by atoms with Crippen LogP contribution in [-0.4, -0.2) is 46.1 Å². The largest absolute Gasteiger partial charge is 0.480 e. The third-order valence-corrected chi connectivity index (χ3v) is 6.13. The van der Waals surface area contributed by atoms with Gasteiger partial charge in [0.2, 0.25) is 0 Å². The van der Waals surface area contributed by atoms with Crippen molar-refractivity contribution in [3.63, 3.8) is 0 Å². The van der Waals surface area contributed by atoms with Crippen LogP contribution in [-0.2, 0) is 30.7 Å². The summed E-state index contributed by atoms with van der Waals surface area (Å²) in [5.74, 6) is -4.62. The second kappa shape index (κ2) is 10.2. The summed E-state index contributed by atoms with van der Waals surface area (Å²) in [5.41, 5.74) is 2.55. The zero-order chi connectivity index (χ0) is 25.1. The van der Waals surface area contributed by atoms with E-state index in [-0.39, 0.29) is 12.0 Å².